The van der Waals surface area contributed by atoms with E-state index >= 15 is 0 Å². The van der Waals surface area contributed by atoms with Gasteiger partial charge in [0.2, 0.25) is 0 Å². The van der Waals surface area contributed by atoms with Gasteiger partial charge in [0.25, 0.3) is 0 Å². The average Bonchev–Trinajstić information content (AvgIpc) is 2.49. The predicted molar refractivity (Wildman–Crippen MR) is 89.1 cm³/mol. The van der Waals surface area contributed by atoms with Crippen molar-refractivity contribution in [2.45, 2.75) is 57.7 Å². The Morgan fingerprint density at radius 1 is 1.11 bits per heavy atom. The van der Waals surface area contributed by atoms with Crippen LogP contribution in [0, 0.1) is 0 Å². The van der Waals surface area contributed by atoms with Gasteiger partial charge in [0, 0.05) is 17.3 Å². The highest BCUT2D eigenvalue weighted by atomic mass is 32.2. The maximum atomic E-state index is 3.71. The largest absolute Gasteiger partial charge is 0.309 e. The van der Waals surface area contributed by atoms with Crippen LogP contribution in [0.3, 0.4) is 0 Å². The molecule has 0 aliphatic rings. The second kappa shape index (κ2) is 7.96. The van der Waals surface area contributed by atoms with E-state index in [2.05, 4.69) is 63.5 Å². The molecule has 0 saturated heterocycles. The van der Waals surface area contributed by atoms with Crippen molar-refractivity contribution < 1.29 is 0 Å². The summed E-state index contributed by atoms with van der Waals surface area (Å²) in [5.74, 6) is 0. The first-order valence-electron chi connectivity index (χ1n) is 7.48. The van der Waals surface area contributed by atoms with Gasteiger partial charge in [0.05, 0.1) is 0 Å². The quantitative estimate of drug-likeness (QED) is 0.732. The molecule has 1 aromatic rings. The first kappa shape index (κ1) is 16.6. The maximum absolute atomic E-state index is 3.71. The second-order valence-corrected chi connectivity index (χ2v) is 6.57. The minimum atomic E-state index is 0.387. The molecular formula is C17H29NS. The number of nitrogens with one attached hydrogen (secondary N) is 1. The fourth-order valence-electron chi connectivity index (χ4n) is 2.36. The molecule has 0 heterocycles. The highest BCUT2D eigenvalue weighted by Crippen LogP contribution is 2.30. The molecule has 2 heteroatoms. The normalized spacial score (nSPS) is 13.5. The van der Waals surface area contributed by atoms with Gasteiger partial charge in [-0.25, -0.2) is 0 Å². The molecule has 0 bridgehead atoms. The van der Waals surface area contributed by atoms with Gasteiger partial charge in [-0.15, -0.1) is 0 Å². The van der Waals surface area contributed by atoms with E-state index in [4.69, 9.17) is 0 Å². The van der Waals surface area contributed by atoms with Crippen LogP contribution in [0.4, 0.5) is 0 Å². The molecule has 0 spiro atoms. The zero-order chi connectivity index (χ0) is 14.3. The van der Waals surface area contributed by atoms with Crippen molar-refractivity contribution in [2.75, 3.05) is 12.8 Å². The van der Waals surface area contributed by atoms with Crippen molar-refractivity contribution in [2.24, 2.45) is 0 Å². The minimum absolute atomic E-state index is 0.387. The van der Waals surface area contributed by atoms with Crippen LogP contribution in [-0.4, -0.2) is 17.5 Å². The van der Waals surface area contributed by atoms with E-state index in [1.165, 1.54) is 24.0 Å². The number of thioether (sulfide) groups is 1. The zero-order valence-electron chi connectivity index (χ0n) is 13.1. The van der Waals surface area contributed by atoms with Gasteiger partial charge in [-0.3, -0.25) is 0 Å². The maximum Gasteiger partial charge on any atom is 0.0292 e. The highest BCUT2D eigenvalue weighted by molar-refractivity contribution is 8.00. The van der Waals surface area contributed by atoms with Crippen LogP contribution in [0.15, 0.2) is 24.3 Å². The molecule has 0 saturated carbocycles. The molecule has 0 amide bonds. The lowest BCUT2D eigenvalue weighted by molar-refractivity contribution is 0.460. The zero-order valence-corrected chi connectivity index (χ0v) is 13.9. The molecule has 1 aromatic carbocycles. The van der Waals surface area contributed by atoms with Gasteiger partial charge in [0.1, 0.15) is 0 Å². The Hall–Kier alpha value is -0.470. The summed E-state index contributed by atoms with van der Waals surface area (Å²) in [6.45, 7) is 10.1. The minimum Gasteiger partial charge on any atom is -0.309 e. The smallest absolute Gasteiger partial charge is 0.0292 e. The van der Waals surface area contributed by atoms with Crippen molar-refractivity contribution >= 4 is 11.8 Å². The summed E-state index contributed by atoms with van der Waals surface area (Å²) in [6, 6.07) is 9.43. The van der Waals surface area contributed by atoms with Gasteiger partial charge >= 0.3 is 0 Å². The van der Waals surface area contributed by atoms with Crippen molar-refractivity contribution in [1.29, 1.82) is 0 Å². The molecule has 0 aliphatic carbocycles. The van der Waals surface area contributed by atoms with Crippen LogP contribution in [0.1, 0.15) is 57.7 Å². The summed E-state index contributed by atoms with van der Waals surface area (Å²) < 4.78 is 0.387. The van der Waals surface area contributed by atoms with E-state index in [1.807, 2.05) is 11.8 Å². The third-order valence-corrected chi connectivity index (χ3v) is 5.93. The van der Waals surface area contributed by atoms with E-state index in [0.717, 1.165) is 13.0 Å². The third kappa shape index (κ3) is 4.54. The Morgan fingerprint density at radius 2 is 1.68 bits per heavy atom. The molecule has 1 rings (SSSR count). The summed E-state index contributed by atoms with van der Waals surface area (Å²) in [5, 5.41) is 3.71. The summed E-state index contributed by atoms with van der Waals surface area (Å²) >= 11 is 2.00. The van der Waals surface area contributed by atoms with Gasteiger partial charge in [0.15, 0.2) is 0 Å². The van der Waals surface area contributed by atoms with E-state index in [0.29, 0.717) is 10.8 Å². The van der Waals surface area contributed by atoms with Crippen LogP contribution < -0.4 is 5.32 Å². The molecule has 1 atom stereocenters. The van der Waals surface area contributed by atoms with Gasteiger partial charge in [-0.05, 0) is 43.6 Å². The Kier molecular flexibility index (Phi) is 6.95. The molecule has 19 heavy (non-hydrogen) atoms. The lowest BCUT2D eigenvalue weighted by Crippen LogP contribution is -2.37. The first-order chi connectivity index (χ1) is 9.10. The fraction of sp³-hybridized carbons (Fsp3) is 0.647. The number of hydrogen-bond acceptors (Lipinski definition) is 2. The molecule has 108 valence electrons. The Labute approximate surface area is 123 Å². The van der Waals surface area contributed by atoms with E-state index in [-0.39, 0.29) is 0 Å². The van der Waals surface area contributed by atoms with E-state index in [9.17, 15) is 0 Å². The van der Waals surface area contributed by atoms with E-state index in [1.54, 1.807) is 0 Å². The Balaban J connectivity index is 2.60. The van der Waals surface area contributed by atoms with E-state index < -0.39 is 0 Å². The predicted octanol–water partition coefficient (Wildman–Crippen LogP) is 4.82. The van der Waals surface area contributed by atoms with Crippen molar-refractivity contribution in [3.05, 3.63) is 35.4 Å². The Bertz CT molecular complexity index is 346. The molecule has 0 radical (unpaired) electrons. The standard InChI is InChI=1S/C17H29NS/c1-6-15-9-11-16(12-10-15)14(4)18-13-17(7-2,8-3)19-5/h9-12,14,18H,6-8,13H2,1-5H3. The highest BCUT2D eigenvalue weighted by Gasteiger charge is 2.25. The average molecular weight is 279 g/mol. The molecular weight excluding hydrogens is 250 g/mol. The SMILES string of the molecule is CCc1ccc(C(C)NCC(CC)(CC)SC)cc1. The number of rotatable bonds is 8. The number of hydrogen-bond donors (Lipinski definition) is 1. The van der Waals surface area contributed by atoms with Crippen molar-refractivity contribution in [3.8, 4) is 0 Å². The fourth-order valence-corrected chi connectivity index (χ4v) is 3.16. The lowest BCUT2D eigenvalue weighted by Gasteiger charge is -2.31. The summed E-state index contributed by atoms with van der Waals surface area (Å²) in [4.78, 5) is 0. The number of aryl methyl sites for hydroxylation is 1. The van der Waals surface area contributed by atoms with Crippen LogP contribution in [-0.2, 0) is 6.42 Å². The van der Waals surface area contributed by atoms with Crippen molar-refractivity contribution in [3.63, 3.8) is 0 Å². The lowest BCUT2D eigenvalue weighted by atomic mass is 10.0. The summed E-state index contributed by atoms with van der Waals surface area (Å²) in [5.41, 5.74) is 2.80. The third-order valence-electron chi connectivity index (χ3n) is 4.34. The first-order valence-corrected chi connectivity index (χ1v) is 8.70. The number of benzene rings is 1. The van der Waals surface area contributed by atoms with Crippen LogP contribution in [0.5, 0.6) is 0 Å². The van der Waals surface area contributed by atoms with Crippen molar-refractivity contribution in [1.82, 2.24) is 5.32 Å². The molecule has 0 aromatic heterocycles. The second-order valence-electron chi connectivity index (χ2n) is 5.29. The molecule has 0 fully saturated rings. The molecule has 0 aliphatic heterocycles. The van der Waals surface area contributed by atoms with Crippen LogP contribution in [0.2, 0.25) is 0 Å². The Morgan fingerprint density at radius 3 is 2.11 bits per heavy atom. The van der Waals surface area contributed by atoms with Gasteiger partial charge < -0.3 is 5.32 Å². The van der Waals surface area contributed by atoms with Gasteiger partial charge in [-0.1, -0.05) is 45.0 Å². The topological polar surface area (TPSA) is 12.0 Å². The molecule has 1 unspecified atom stereocenters. The summed E-state index contributed by atoms with van der Waals surface area (Å²) in [6.07, 6.45) is 5.79. The molecule has 1 N–H and O–H groups in total. The molecule has 1 nitrogen and oxygen atoms in total. The van der Waals surface area contributed by atoms with Crippen LogP contribution >= 0.6 is 11.8 Å². The van der Waals surface area contributed by atoms with Gasteiger partial charge in [-0.2, -0.15) is 11.8 Å². The van der Waals surface area contributed by atoms with Crippen LogP contribution in [0.25, 0.3) is 0 Å². The summed E-state index contributed by atoms with van der Waals surface area (Å²) in [7, 11) is 0. The monoisotopic (exact) mass is 279 g/mol.